The molecule has 21 heavy (non-hydrogen) atoms. The summed E-state index contributed by atoms with van der Waals surface area (Å²) in [5.41, 5.74) is 2.35. The molecule has 2 aromatic rings. The smallest absolute Gasteiger partial charge is 0.230 e. The van der Waals surface area contributed by atoms with E-state index >= 15 is 0 Å². The maximum atomic E-state index is 12.0. The summed E-state index contributed by atoms with van der Waals surface area (Å²) in [6.07, 6.45) is 0. The van der Waals surface area contributed by atoms with Crippen molar-refractivity contribution in [1.82, 2.24) is 5.32 Å². The van der Waals surface area contributed by atoms with Gasteiger partial charge in [0.15, 0.2) is 0 Å². The first-order chi connectivity index (χ1) is 10.1. The summed E-state index contributed by atoms with van der Waals surface area (Å²) in [4.78, 5) is 13.1. The second-order valence-electron chi connectivity index (χ2n) is 4.89. The van der Waals surface area contributed by atoms with Crippen LogP contribution in [0.2, 0.25) is 5.02 Å². The van der Waals surface area contributed by atoms with Gasteiger partial charge < -0.3 is 5.32 Å². The van der Waals surface area contributed by atoms with Gasteiger partial charge in [0.25, 0.3) is 0 Å². The first-order valence-electron chi connectivity index (χ1n) is 6.79. The molecule has 0 radical (unpaired) electrons. The van der Waals surface area contributed by atoms with Gasteiger partial charge in [-0.2, -0.15) is 0 Å². The van der Waals surface area contributed by atoms with Crippen LogP contribution in [0.3, 0.4) is 0 Å². The minimum Gasteiger partial charge on any atom is -0.349 e. The maximum absolute atomic E-state index is 12.0. The van der Waals surface area contributed by atoms with Crippen LogP contribution in [0.4, 0.5) is 0 Å². The quantitative estimate of drug-likeness (QED) is 0.815. The fourth-order valence-electron chi connectivity index (χ4n) is 2.11. The van der Waals surface area contributed by atoms with Crippen molar-refractivity contribution in [2.45, 2.75) is 24.8 Å². The third-order valence-corrected chi connectivity index (χ3v) is 4.48. The fourth-order valence-corrected chi connectivity index (χ4v) is 2.95. The standard InChI is InChI=1S/C17H18ClNOS/c1-12-5-3-4-6-16(12)13(2)19-17(20)11-21-15-9-7-14(18)8-10-15/h3-10,13H,11H2,1-2H3,(H,19,20). The van der Waals surface area contributed by atoms with Crippen LogP contribution >= 0.6 is 23.4 Å². The van der Waals surface area contributed by atoms with Crippen molar-refractivity contribution in [1.29, 1.82) is 0 Å². The van der Waals surface area contributed by atoms with Crippen molar-refractivity contribution >= 4 is 29.3 Å². The van der Waals surface area contributed by atoms with E-state index < -0.39 is 0 Å². The summed E-state index contributed by atoms with van der Waals surface area (Å²) in [7, 11) is 0. The molecule has 0 heterocycles. The molecule has 0 saturated carbocycles. The second kappa shape index (κ2) is 7.53. The SMILES string of the molecule is Cc1ccccc1C(C)NC(=O)CSc1ccc(Cl)cc1. The van der Waals surface area contributed by atoms with E-state index in [2.05, 4.69) is 18.3 Å². The molecule has 4 heteroatoms. The van der Waals surface area contributed by atoms with Gasteiger partial charge >= 0.3 is 0 Å². The zero-order chi connectivity index (χ0) is 15.2. The molecule has 0 fully saturated rings. The highest BCUT2D eigenvalue weighted by Gasteiger charge is 2.11. The first-order valence-corrected chi connectivity index (χ1v) is 8.16. The Morgan fingerprint density at radius 1 is 1.19 bits per heavy atom. The summed E-state index contributed by atoms with van der Waals surface area (Å²) >= 11 is 7.35. The van der Waals surface area contributed by atoms with Crippen molar-refractivity contribution in [3.63, 3.8) is 0 Å². The van der Waals surface area contributed by atoms with Gasteiger partial charge in [0.1, 0.15) is 0 Å². The Morgan fingerprint density at radius 3 is 2.52 bits per heavy atom. The lowest BCUT2D eigenvalue weighted by molar-refractivity contribution is -0.119. The molecule has 0 aliphatic carbocycles. The van der Waals surface area contributed by atoms with Gasteiger partial charge in [0.2, 0.25) is 5.91 Å². The molecule has 1 N–H and O–H groups in total. The molecular formula is C17H18ClNOS. The molecule has 2 nitrogen and oxygen atoms in total. The molecule has 0 spiro atoms. The van der Waals surface area contributed by atoms with E-state index in [1.54, 1.807) is 0 Å². The lowest BCUT2D eigenvalue weighted by Gasteiger charge is -2.16. The Hall–Kier alpha value is -1.45. The van der Waals surface area contributed by atoms with Crippen LogP contribution in [-0.4, -0.2) is 11.7 Å². The lowest BCUT2D eigenvalue weighted by Crippen LogP contribution is -2.28. The molecule has 0 saturated heterocycles. The van der Waals surface area contributed by atoms with E-state index in [0.717, 1.165) is 10.5 Å². The molecule has 0 bridgehead atoms. The molecule has 110 valence electrons. The topological polar surface area (TPSA) is 29.1 Å². The number of benzene rings is 2. The number of thioether (sulfide) groups is 1. The molecule has 2 aromatic carbocycles. The van der Waals surface area contributed by atoms with Gasteiger partial charge in [0.05, 0.1) is 11.8 Å². The predicted octanol–water partition coefficient (Wildman–Crippen LogP) is 4.62. The van der Waals surface area contributed by atoms with E-state index in [-0.39, 0.29) is 11.9 Å². The minimum absolute atomic E-state index is 0.0181. The van der Waals surface area contributed by atoms with Gasteiger partial charge in [-0.15, -0.1) is 11.8 Å². The molecular weight excluding hydrogens is 302 g/mol. The van der Waals surface area contributed by atoms with Crippen molar-refractivity contribution in [2.24, 2.45) is 0 Å². The molecule has 0 aliphatic heterocycles. The monoisotopic (exact) mass is 319 g/mol. The number of hydrogen-bond donors (Lipinski definition) is 1. The zero-order valence-electron chi connectivity index (χ0n) is 12.1. The van der Waals surface area contributed by atoms with Gasteiger partial charge in [-0.3, -0.25) is 4.79 Å². The summed E-state index contributed by atoms with van der Waals surface area (Å²) in [5.74, 6) is 0.434. The number of carbonyl (C=O) groups is 1. The molecule has 1 atom stereocenters. The van der Waals surface area contributed by atoms with E-state index in [1.807, 2.05) is 49.4 Å². The molecule has 0 aromatic heterocycles. The lowest BCUT2D eigenvalue weighted by atomic mass is 10.0. The number of carbonyl (C=O) groups excluding carboxylic acids is 1. The largest absolute Gasteiger partial charge is 0.349 e. The van der Waals surface area contributed by atoms with Crippen LogP contribution in [0.5, 0.6) is 0 Å². The molecule has 0 aliphatic rings. The first kappa shape index (κ1) is 15.9. The normalized spacial score (nSPS) is 12.0. The highest BCUT2D eigenvalue weighted by atomic mass is 35.5. The summed E-state index contributed by atoms with van der Waals surface area (Å²) < 4.78 is 0. The fraction of sp³-hybridized carbons (Fsp3) is 0.235. The molecule has 1 unspecified atom stereocenters. The highest BCUT2D eigenvalue weighted by molar-refractivity contribution is 8.00. The van der Waals surface area contributed by atoms with Crippen LogP contribution in [0.15, 0.2) is 53.4 Å². The van der Waals surface area contributed by atoms with E-state index in [4.69, 9.17) is 11.6 Å². The van der Waals surface area contributed by atoms with Gasteiger partial charge in [-0.05, 0) is 49.2 Å². The Morgan fingerprint density at radius 2 is 1.86 bits per heavy atom. The van der Waals surface area contributed by atoms with Crippen LogP contribution in [0.1, 0.15) is 24.1 Å². The van der Waals surface area contributed by atoms with E-state index in [9.17, 15) is 4.79 Å². The second-order valence-corrected chi connectivity index (χ2v) is 6.37. The van der Waals surface area contributed by atoms with Gasteiger partial charge in [-0.1, -0.05) is 35.9 Å². The third kappa shape index (κ3) is 4.80. The van der Waals surface area contributed by atoms with Crippen LogP contribution in [0.25, 0.3) is 0 Å². The summed E-state index contributed by atoms with van der Waals surface area (Å²) in [5, 5.41) is 3.74. The Kier molecular flexibility index (Phi) is 5.71. The average Bonchev–Trinajstić information content (AvgIpc) is 2.47. The molecule has 1 amide bonds. The Balaban J connectivity index is 1.87. The molecule has 2 rings (SSSR count). The third-order valence-electron chi connectivity index (χ3n) is 3.22. The minimum atomic E-state index is 0.0181. The number of nitrogens with one attached hydrogen (secondary N) is 1. The van der Waals surface area contributed by atoms with Crippen LogP contribution in [0, 0.1) is 6.92 Å². The van der Waals surface area contributed by atoms with Gasteiger partial charge in [0, 0.05) is 9.92 Å². The Labute approximate surface area is 134 Å². The number of amides is 1. The van der Waals surface area contributed by atoms with Crippen molar-refractivity contribution in [3.8, 4) is 0 Å². The van der Waals surface area contributed by atoms with Gasteiger partial charge in [-0.25, -0.2) is 0 Å². The van der Waals surface area contributed by atoms with Crippen LogP contribution < -0.4 is 5.32 Å². The average molecular weight is 320 g/mol. The number of aryl methyl sites for hydroxylation is 1. The maximum Gasteiger partial charge on any atom is 0.230 e. The Bertz CT molecular complexity index is 612. The summed E-state index contributed by atoms with van der Waals surface area (Å²) in [6, 6.07) is 15.6. The van der Waals surface area contributed by atoms with Crippen molar-refractivity contribution in [2.75, 3.05) is 5.75 Å². The van der Waals surface area contributed by atoms with Crippen LogP contribution in [-0.2, 0) is 4.79 Å². The van der Waals surface area contributed by atoms with E-state index in [1.165, 1.54) is 17.3 Å². The summed E-state index contributed by atoms with van der Waals surface area (Å²) in [6.45, 7) is 4.06. The number of halogens is 1. The van der Waals surface area contributed by atoms with Crippen molar-refractivity contribution < 1.29 is 4.79 Å². The van der Waals surface area contributed by atoms with Crippen molar-refractivity contribution in [3.05, 3.63) is 64.7 Å². The van der Waals surface area contributed by atoms with E-state index in [0.29, 0.717) is 10.8 Å². The zero-order valence-corrected chi connectivity index (χ0v) is 13.7. The number of hydrogen-bond acceptors (Lipinski definition) is 2. The highest BCUT2D eigenvalue weighted by Crippen LogP contribution is 2.21. The predicted molar refractivity (Wildman–Crippen MR) is 89.9 cm³/mol. The number of rotatable bonds is 5.